The quantitative estimate of drug-likeness (QED) is 0.290. The van der Waals surface area contributed by atoms with Crippen LogP contribution in [0.4, 0.5) is 4.79 Å². The molecule has 1 amide bonds. The number of methoxy groups -OCH3 is 1. The highest BCUT2D eigenvalue weighted by Crippen LogP contribution is 2.11. The summed E-state index contributed by atoms with van der Waals surface area (Å²) in [5, 5.41) is 6.63. The number of hydrogen-bond donors (Lipinski definition) is 2. The number of ether oxygens (including phenoxy) is 2. The summed E-state index contributed by atoms with van der Waals surface area (Å²) in [5.41, 5.74) is 0. The standard InChI is InChI=1S/C14H28N4O3.HI/c1-4-15-13(16-8-11-20-3)17-12-6-9-18(10-7-12)14(19)21-5-2;/h12H,4-11H2,1-3H3,(H2,15,16,17);1H. The Morgan fingerprint density at radius 3 is 2.55 bits per heavy atom. The fraction of sp³-hybridized carbons (Fsp3) is 0.857. The molecule has 0 radical (unpaired) electrons. The number of nitrogens with zero attached hydrogens (tertiary/aromatic N) is 2. The molecule has 0 spiro atoms. The van der Waals surface area contributed by atoms with Crippen molar-refractivity contribution in [3.8, 4) is 0 Å². The minimum absolute atomic E-state index is 0. The second kappa shape index (κ2) is 12.7. The molecule has 22 heavy (non-hydrogen) atoms. The van der Waals surface area contributed by atoms with E-state index in [2.05, 4.69) is 15.6 Å². The van der Waals surface area contributed by atoms with Gasteiger partial charge in [-0.15, -0.1) is 24.0 Å². The third kappa shape index (κ3) is 8.02. The fourth-order valence-electron chi connectivity index (χ4n) is 2.18. The number of nitrogens with one attached hydrogen (secondary N) is 2. The molecule has 0 aliphatic carbocycles. The molecule has 1 aliphatic heterocycles. The van der Waals surface area contributed by atoms with Gasteiger partial charge in [-0.2, -0.15) is 0 Å². The van der Waals surface area contributed by atoms with Crippen LogP contribution < -0.4 is 10.6 Å². The van der Waals surface area contributed by atoms with Crippen molar-refractivity contribution >= 4 is 36.0 Å². The van der Waals surface area contributed by atoms with Crippen molar-refractivity contribution in [2.45, 2.75) is 32.7 Å². The first kappa shape index (κ1) is 21.2. The number of hydrogen-bond acceptors (Lipinski definition) is 4. The average Bonchev–Trinajstić information content (AvgIpc) is 2.48. The Morgan fingerprint density at radius 1 is 1.32 bits per heavy atom. The van der Waals surface area contributed by atoms with Crippen LogP contribution in [-0.2, 0) is 9.47 Å². The molecule has 1 saturated heterocycles. The molecule has 130 valence electrons. The molecule has 0 aromatic carbocycles. The van der Waals surface area contributed by atoms with Gasteiger partial charge in [-0.1, -0.05) is 0 Å². The van der Waals surface area contributed by atoms with Crippen LogP contribution in [0.5, 0.6) is 0 Å². The Bertz CT molecular complexity index is 334. The summed E-state index contributed by atoms with van der Waals surface area (Å²) in [5.74, 6) is 0.809. The van der Waals surface area contributed by atoms with E-state index in [0.29, 0.717) is 38.9 Å². The Kier molecular flexibility index (Phi) is 12.3. The summed E-state index contributed by atoms with van der Waals surface area (Å²) in [6.07, 6.45) is 1.58. The van der Waals surface area contributed by atoms with Crippen LogP contribution in [0.2, 0.25) is 0 Å². The molecule has 0 atom stereocenters. The van der Waals surface area contributed by atoms with Crippen LogP contribution >= 0.6 is 24.0 Å². The molecule has 0 unspecified atom stereocenters. The fourth-order valence-corrected chi connectivity index (χ4v) is 2.18. The van der Waals surface area contributed by atoms with Crippen LogP contribution in [0, 0.1) is 0 Å². The van der Waals surface area contributed by atoms with Crippen molar-refractivity contribution in [2.24, 2.45) is 4.99 Å². The first-order chi connectivity index (χ1) is 10.2. The minimum Gasteiger partial charge on any atom is -0.450 e. The third-order valence-corrected chi connectivity index (χ3v) is 3.27. The lowest BCUT2D eigenvalue weighted by Gasteiger charge is -2.32. The van der Waals surface area contributed by atoms with Crippen molar-refractivity contribution in [3.63, 3.8) is 0 Å². The Hall–Kier alpha value is -0.770. The van der Waals surface area contributed by atoms with Gasteiger partial charge in [-0.3, -0.25) is 4.99 Å². The zero-order valence-electron chi connectivity index (χ0n) is 13.8. The Labute approximate surface area is 150 Å². The number of amides is 1. The van der Waals surface area contributed by atoms with E-state index in [1.807, 2.05) is 13.8 Å². The summed E-state index contributed by atoms with van der Waals surface area (Å²) in [6, 6.07) is 0.330. The molecular formula is C14H29IN4O3. The number of carbonyl (C=O) groups is 1. The van der Waals surface area contributed by atoms with E-state index in [9.17, 15) is 4.79 Å². The van der Waals surface area contributed by atoms with Crippen molar-refractivity contribution < 1.29 is 14.3 Å². The van der Waals surface area contributed by atoms with Gasteiger partial charge in [0, 0.05) is 32.8 Å². The second-order valence-corrected chi connectivity index (χ2v) is 4.86. The molecule has 1 rings (SSSR count). The van der Waals surface area contributed by atoms with Crippen LogP contribution in [0.3, 0.4) is 0 Å². The van der Waals surface area contributed by atoms with E-state index in [4.69, 9.17) is 9.47 Å². The van der Waals surface area contributed by atoms with Crippen LogP contribution in [-0.4, -0.2) is 69.5 Å². The van der Waals surface area contributed by atoms with Crippen molar-refractivity contribution in [3.05, 3.63) is 0 Å². The molecule has 0 bridgehead atoms. The second-order valence-electron chi connectivity index (χ2n) is 4.86. The predicted molar refractivity (Wildman–Crippen MR) is 98.0 cm³/mol. The van der Waals surface area contributed by atoms with Gasteiger partial charge < -0.3 is 25.0 Å². The minimum atomic E-state index is -0.211. The molecule has 1 aliphatic rings. The van der Waals surface area contributed by atoms with Crippen LogP contribution in [0.15, 0.2) is 4.99 Å². The van der Waals surface area contributed by atoms with Gasteiger partial charge in [-0.05, 0) is 26.7 Å². The lowest BCUT2D eigenvalue weighted by atomic mass is 10.1. The summed E-state index contributed by atoms with van der Waals surface area (Å²) >= 11 is 0. The van der Waals surface area contributed by atoms with E-state index in [-0.39, 0.29) is 30.1 Å². The van der Waals surface area contributed by atoms with Gasteiger partial charge in [0.25, 0.3) is 0 Å². The van der Waals surface area contributed by atoms with E-state index in [1.54, 1.807) is 12.0 Å². The summed E-state index contributed by atoms with van der Waals surface area (Å²) in [4.78, 5) is 17.8. The first-order valence-electron chi connectivity index (χ1n) is 7.66. The number of likely N-dealkylation sites (tertiary alicyclic amines) is 1. The normalized spacial score (nSPS) is 16.0. The van der Waals surface area contributed by atoms with Crippen LogP contribution in [0.25, 0.3) is 0 Å². The largest absolute Gasteiger partial charge is 0.450 e. The molecule has 0 aromatic heterocycles. The zero-order valence-corrected chi connectivity index (χ0v) is 16.1. The lowest BCUT2D eigenvalue weighted by Crippen LogP contribution is -2.50. The average molecular weight is 428 g/mol. The number of piperidine rings is 1. The summed E-state index contributed by atoms with van der Waals surface area (Å²) in [6.45, 7) is 7.78. The predicted octanol–water partition coefficient (Wildman–Crippen LogP) is 1.43. The molecule has 0 aromatic rings. The summed E-state index contributed by atoms with van der Waals surface area (Å²) in [7, 11) is 1.67. The van der Waals surface area contributed by atoms with Gasteiger partial charge in [0.2, 0.25) is 0 Å². The Balaban J connectivity index is 0.00000441. The Morgan fingerprint density at radius 2 is 2.00 bits per heavy atom. The maximum Gasteiger partial charge on any atom is 0.409 e. The van der Waals surface area contributed by atoms with Crippen LogP contribution in [0.1, 0.15) is 26.7 Å². The first-order valence-corrected chi connectivity index (χ1v) is 7.66. The number of carbonyl (C=O) groups excluding carboxylic acids is 1. The smallest absolute Gasteiger partial charge is 0.409 e. The number of halogens is 1. The molecule has 7 nitrogen and oxygen atoms in total. The highest BCUT2D eigenvalue weighted by molar-refractivity contribution is 14.0. The highest BCUT2D eigenvalue weighted by atomic mass is 127. The van der Waals surface area contributed by atoms with E-state index < -0.39 is 0 Å². The molecular weight excluding hydrogens is 399 g/mol. The van der Waals surface area contributed by atoms with Gasteiger partial charge in [0.05, 0.1) is 19.8 Å². The van der Waals surface area contributed by atoms with Crippen molar-refractivity contribution in [1.82, 2.24) is 15.5 Å². The number of guanidine groups is 1. The van der Waals surface area contributed by atoms with E-state index in [1.165, 1.54) is 0 Å². The highest BCUT2D eigenvalue weighted by Gasteiger charge is 2.23. The maximum atomic E-state index is 11.6. The zero-order chi connectivity index (χ0) is 15.5. The van der Waals surface area contributed by atoms with Crippen molar-refractivity contribution in [1.29, 1.82) is 0 Å². The lowest BCUT2D eigenvalue weighted by molar-refractivity contribution is 0.0963. The molecule has 2 N–H and O–H groups in total. The van der Waals surface area contributed by atoms with E-state index in [0.717, 1.165) is 25.3 Å². The topological polar surface area (TPSA) is 75.2 Å². The monoisotopic (exact) mass is 428 g/mol. The number of rotatable bonds is 6. The maximum absolute atomic E-state index is 11.6. The van der Waals surface area contributed by atoms with Gasteiger partial charge in [0.15, 0.2) is 5.96 Å². The molecule has 8 heteroatoms. The number of aliphatic imine (C=N–C) groups is 1. The van der Waals surface area contributed by atoms with Gasteiger partial charge >= 0.3 is 6.09 Å². The molecule has 1 fully saturated rings. The van der Waals surface area contributed by atoms with Gasteiger partial charge in [0.1, 0.15) is 0 Å². The van der Waals surface area contributed by atoms with Crippen molar-refractivity contribution in [2.75, 3.05) is 46.5 Å². The molecule has 1 heterocycles. The third-order valence-electron chi connectivity index (χ3n) is 3.27. The molecule has 0 saturated carbocycles. The summed E-state index contributed by atoms with van der Waals surface area (Å²) < 4.78 is 10.0. The van der Waals surface area contributed by atoms with E-state index >= 15 is 0 Å². The van der Waals surface area contributed by atoms with Gasteiger partial charge in [-0.25, -0.2) is 4.79 Å². The SMILES string of the molecule is CCNC(=NCCOC)NC1CCN(C(=O)OCC)CC1.I.